The standard InChI is InChI=1S/C27H22FN3O3S/c1-2-33-21-13-11-20(12-14-21)31(27-30-22-5-3-4-6-24(22)35-27)26(32)16-15-25-29-17-23(34-25)18-7-9-19(28)10-8-18/h3-14,17H,2,15-16H2,1H3. The molecule has 2 aromatic heterocycles. The molecule has 0 bridgehead atoms. The minimum atomic E-state index is -0.316. The lowest BCUT2D eigenvalue weighted by atomic mass is 10.2. The number of fused-ring (bicyclic) bond motifs is 1. The number of hydrogen-bond acceptors (Lipinski definition) is 6. The fourth-order valence-corrected chi connectivity index (χ4v) is 4.68. The summed E-state index contributed by atoms with van der Waals surface area (Å²) in [6.07, 6.45) is 2.08. The van der Waals surface area contributed by atoms with Crippen molar-refractivity contribution in [1.29, 1.82) is 0 Å². The molecule has 0 unspecified atom stereocenters. The van der Waals surface area contributed by atoms with Crippen molar-refractivity contribution < 1.29 is 18.3 Å². The van der Waals surface area contributed by atoms with Gasteiger partial charge in [0.1, 0.15) is 11.6 Å². The van der Waals surface area contributed by atoms with Crippen LogP contribution in [0.25, 0.3) is 21.5 Å². The van der Waals surface area contributed by atoms with E-state index >= 15 is 0 Å². The van der Waals surface area contributed by atoms with E-state index in [-0.39, 0.29) is 18.1 Å². The first-order valence-electron chi connectivity index (χ1n) is 11.2. The van der Waals surface area contributed by atoms with Crippen molar-refractivity contribution in [2.45, 2.75) is 19.8 Å². The fraction of sp³-hybridized carbons (Fsp3) is 0.148. The second kappa shape index (κ2) is 10.1. The van der Waals surface area contributed by atoms with Crippen molar-refractivity contribution in [2.75, 3.05) is 11.5 Å². The third kappa shape index (κ3) is 5.07. The Morgan fingerprint density at radius 3 is 2.57 bits per heavy atom. The van der Waals surface area contributed by atoms with Gasteiger partial charge < -0.3 is 9.15 Å². The number of halogens is 1. The highest BCUT2D eigenvalue weighted by Gasteiger charge is 2.22. The van der Waals surface area contributed by atoms with Crippen LogP contribution in [0.15, 0.2) is 83.4 Å². The average Bonchev–Trinajstić information content (AvgIpc) is 3.52. The van der Waals surface area contributed by atoms with Crippen LogP contribution in [0.3, 0.4) is 0 Å². The lowest BCUT2D eigenvalue weighted by molar-refractivity contribution is -0.117. The second-order valence-corrected chi connectivity index (χ2v) is 8.75. The molecule has 5 rings (SSSR count). The van der Waals surface area contributed by atoms with E-state index < -0.39 is 0 Å². The van der Waals surface area contributed by atoms with Crippen LogP contribution in [0.4, 0.5) is 15.2 Å². The molecule has 0 spiro atoms. The Morgan fingerprint density at radius 1 is 1.06 bits per heavy atom. The minimum absolute atomic E-state index is 0.130. The number of aryl methyl sites for hydroxylation is 1. The van der Waals surface area contributed by atoms with Gasteiger partial charge in [0.05, 0.1) is 28.7 Å². The number of aromatic nitrogens is 2. The zero-order valence-electron chi connectivity index (χ0n) is 19.0. The van der Waals surface area contributed by atoms with Crippen LogP contribution < -0.4 is 9.64 Å². The van der Waals surface area contributed by atoms with Crippen LogP contribution in [0, 0.1) is 5.82 Å². The van der Waals surface area contributed by atoms with Crippen molar-refractivity contribution in [1.82, 2.24) is 9.97 Å². The summed E-state index contributed by atoms with van der Waals surface area (Å²) in [4.78, 5) is 24.1. The largest absolute Gasteiger partial charge is 0.494 e. The van der Waals surface area contributed by atoms with Crippen LogP contribution >= 0.6 is 11.3 Å². The summed E-state index contributed by atoms with van der Waals surface area (Å²) in [6.45, 7) is 2.49. The quantitative estimate of drug-likeness (QED) is 0.241. The Balaban J connectivity index is 1.38. The first kappa shape index (κ1) is 22.7. The first-order valence-corrected chi connectivity index (χ1v) is 12.0. The predicted molar refractivity (Wildman–Crippen MR) is 135 cm³/mol. The van der Waals surface area contributed by atoms with E-state index in [1.807, 2.05) is 55.5 Å². The molecule has 0 aliphatic carbocycles. The molecular formula is C27H22FN3O3S. The Morgan fingerprint density at radius 2 is 1.83 bits per heavy atom. The summed E-state index contributed by atoms with van der Waals surface area (Å²) in [7, 11) is 0. The molecule has 5 aromatic rings. The van der Waals surface area contributed by atoms with Crippen LogP contribution in [-0.4, -0.2) is 22.5 Å². The van der Waals surface area contributed by atoms with Gasteiger partial charge in [0, 0.05) is 18.4 Å². The Bertz CT molecular complexity index is 1410. The van der Waals surface area contributed by atoms with Crippen LogP contribution in [-0.2, 0) is 11.2 Å². The Kier molecular flexibility index (Phi) is 6.54. The molecule has 0 N–H and O–H groups in total. The molecule has 0 saturated carbocycles. The van der Waals surface area contributed by atoms with Gasteiger partial charge in [0.15, 0.2) is 16.8 Å². The van der Waals surface area contributed by atoms with E-state index in [0.29, 0.717) is 35.5 Å². The van der Waals surface area contributed by atoms with Gasteiger partial charge in [-0.25, -0.2) is 14.4 Å². The molecule has 35 heavy (non-hydrogen) atoms. The summed E-state index contributed by atoms with van der Waals surface area (Å²) in [5.41, 5.74) is 2.27. The van der Waals surface area contributed by atoms with Crippen molar-refractivity contribution in [3.63, 3.8) is 0 Å². The fourth-order valence-electron chi connectivity index (χ4n) is 3.67. The lowest BCUT2D eigenvalue weighted by Crippen LogP contribution is -2.26. The first-order chi connectivity index (χ1) is 17.1. The SMILES string of the molecule is CCOc1ccc(N(C(=O)CCc2ncc(-c3ccc(F)cc3)o2)c2nc3ccccc3s2)cc1. The van der Waals surface area contributed by atoms with E-state index in [4.69, 9.17) is 14.1 Å². The number of amides is 1. The highest BCUT2D eigenvalue weighted by Crippen LogP contribution is 2.35. The van der Waals surface area contributed by atoms with Crippen molar-refractivity contribution in [2.24, 2.45) is 0 Å². The van der Waals surface area contributed by atoms with Gasteiger partial charge in [0.2, 0.25) is 5.91 Å². The maximum Gasteiger partial charge on any atom is 0.233 e. The molecule has 0 fully saturated rings. The molecule has 1 amide bonds. The third-order valence-corrected chi connectivity index (χ3v) is 6.39. The predicted octanol–water partition coefficient (Wildman–Crippen LogP) is 6.79. The number of carbonyl (C=O) groups excluding carboxylic acids is 1. The van der Waals surface area contributed by atoms with Gasteiger partial charge in [-0.2, -0.15) is 0 Å². The summed E-state index contributed by atoms with van der Waals surface area (Å²) in [5.74, 6) is 1.26. The molecule has 8 heteroatoms. The number of carbonyl (C=O) groups is 1. The normalized spacial score (nSPS) is 11.0. The topological polar surface area (TPSA) is 68.5 Å². The molecule has 3 aromatic carbocycles. The van der Waals surface area contributed by atoms with E-state index in [0.717, 1.165) is 21.5 Å². The molecule has 2 heterocycles. The zero-order chi connectivity index (χ0) is 24.2. The number of rotatable bonds is 8. The van der Waals surface area contributed by atoms with E-state index in [1.54, 1.807) is 23.2 Å². The number of benzene rings is 3. The number of oxazole rings is 1. The van der Waals surface area contributed by atoms with Crippen LogP contribution in [0.5, 0.6) is 5.75 Å². The van der Waals surface area contributed by atoms with E-state index in [9.17, 15) is 9.18 Å². The van der Waals surface area contributed by atoms with Gasteiger partial charge >= 0.3 is 0 Å². The highest BCUT2D eigenvalue weighted by molar-refractivity contribution is 7.22. The molecule has 0 saturated heterocycles. The summed E-state index contributed by atoms with van der Waals surface area (Å²) >= 11 is 1.46. The number of hydrogen-bond donors (Lipinski definition) is 0. The molecule has 0 radical (unpaired) electrons. The third-order valence-electron chi connectivity index (χ3n) is 5.36. The summed E-state index contributed by atoms with van der Waals surface area (Å²) in [6, 6.07) is 21.2. The maximum absolute atomic E-state index is 13.5. The lowest BCUT2D eigenvalue weighted by Gasteiger charge is -2.20. The van der Waals surface area contributed by atoms with Gasteiger partial charge in [-0.3, -0.25) is 9.69 Å². The summed E-state index contributed by atoms with van der Waals surface area (Å²) in [5, 5.41) is 0.597. The molecule has 0 aliphatic rings. The zero-order valence-corrected chi connectivity index (χ0v) is 19.8. The molecule has 176 valence electrons. The number of thiazole rings is 1. The second-order valence-electron chi connectivity index (χ2n) is 7.75. The van der Waals surface area contributed by atoms with Crippen LogP contribution in [0.1, 0.15) is 19.2 Å². The van der Waals surface area contributed by atoms with Crippen molar-refractivity contribution >= 4 is 38.3 Å². The van der Waals surface area contributed by atoms with Crippen molar-refractivity contribution in [3.05, 3.63) is 90.7 Å². The average molecular weight is 488 g/mol. The highest BCUT2D eigenvalue weighted by atomic mass is 32.1. The smallest absolute Gasteiger partial charge is 0.233 e. The molecule has 6 nitrogen and oxygen atoms in total. The molecular weight excluding hydrogens is 465 g/mol. The van der Waals surface area contributed by atoms with Crippen LogP contribution in [0.2, 0.25) is 0 Å². The monoisotopic (exact) mass is 487 g/mol. The number of ether oxygens (including phenoxy) is 1. The number of anilines is 2. The van der Waals surface area contributed by atoms with Gasteiger partial charge in [-0.05, 0) is 67.6 Å². The van der Waals surface area contributed by atoms with Gasteiger partial charge in [-0.15, -0.1) is 0 Å². The minimum Gasteiger partial charge on any atom is -0.494 e. The molecule has 0 aliphatic heterocycles. The Labute approximate surface area is 205 Å². The van der Waals surface area contributed by atoms with Crippen molar-refractivity contribution in [3.8, 4) is 17.1 Å². The molecule has 0 atom stereocenters. The maximum atomic E-state index is 13.5. The van der Waals surface area contributed by atoms with Gasteiger partial charge in [-0.1, -0.05) is 23.5 Å². The summed E-state index contributed by atoms with van der Waals surface area (Å²) < 4.78 is 25.6. The number of para-hydroxylation sites is 1. The Hall–Kier alpha value is -4.04. The van der Waals surface area contributed by atoms with E-state index in [2.05, 4.69) is 4.98 Å². The number of nitrogens with zero attached hydrogens (tertiary/aromatic N) is 3. The van der Waals surface area contributed by atoms with Gasteiger partial charge in [0.25, 0.3) is 0 Å². The van der Waals surface area contributed by atoms with E-state index in [1.165, 1.54) is 23.5 Å².